The third-order valence-electron chi connectivity index (χ3n) is 4.39. The van der Waals surface area contributed by atoms with Crippen molar-refractivity contribution in [1.29, 1.82) is 0 Å². The first-order valence-electron chi connectivity index (χ1n) is 8.21. The number of nitrogens with two attached hydrogens (primary N) is 1. The first kappa shape index (κ1) is 15.9. The zero-order valence-electron chi connectivity index (χ0n) is 13.3. The second kappa shape index (κ2) is 8.05. The van der Waals surface area contributed by atoms with E-state index in [1.807, 2.05) is 0 Å². The standard InChI is InChI=1S/C16H28N4O/c1-3-9-21-16-14(17)15(19-11-20-16)18-10-13-7-5-12(4-2)6-8-13/h11-13H,3-10,17H2,1-2H3,(H,18,19,20). The fraction of sp³-hybridized carbons (Fsp3) is 0.750. The molecule has 1 aromatic heterocycles. The first-order valence-corrected chi connectivity index (χ1v) is 8.21. The number of nitrogens with zero attached hydrogens (tertiary/aromatic N) is 2. The monoisotopic (exact) mass is 292 g/mol. The lowest BCUT2D eigenvalue weighted by Gasteiger charge is -2.28. The summed E-state index contributed by atoms with van der Waals surface area (Å²) in [6, 6.07) is 0. The van der Waals surface area contributed by atoms with Crippen LogP contribution >= 0.6 is 0 Å². The van der Waals surface area contributed by atoms with Crippen LogP contribution in [0, 0.1) is 11.8 Å². The van der Waals surface area contributed by atoms with Gasteiger partial charge in [0.05, 0.1) is 6.61 Å². The molecule has 0 spiro atoms. The number of aromatic nitrogens is 2. The van der Waals surface area contributed by atoms with Crippen molar-refractivity contribution in [1.82, 2.24) is 9.97 Å². The Labute approximate surface area is 127 Å². The SMILES string of the molecule is CCCOc1ncnc(NCC2CCC(CC)CC2)c1N. The van der Waals surface area contributed by atoms with Crippen molar-refractivity contribution in [2.45, 2.75) is 52.4 Å². The van der Waals surface area contributed by atoms with E-state index < -0.39 is 0 Å². The van der Waals surface area contributed by atoms with Crippen LogP contribution in [-0.2, 0) is 0 Å². The number of nitrogens with one attached hydrogen (secondary N) is 1. The summed E-state index contributed by atoms with van der Waals surface area (Å²) >= 11 is 0. The molecule has 1 aliphatic carbocycles. The van der Waals surface area contributed by atoms with E-state index in [4.69, 9.17) is 10.5 Å². The molecule has 1 heterocycles. The Kier molecular flexibility index (Phi) is 6.08. The van der Waals surface area contributed by atoms with E-state index in [9.17, 15) is 0 Å². The third kappa shape index (κ3) is 4.48. The van der Waals surface area contributed by atoms with Crippen molar-refractivity contribution in [2.24, 2.45) is 11.8 Å². The Hall–Kier alpha value is -1.52. The largest absolute Gasteiger partial charge is 0.476 e. The van der Waals surface area contributed by atoms with Gasteiger partial charge in [-0.3, -0.25) is 0 Å². The average molecular weight is 292 g/mol. The summed E-state index contributed by atoms with van der Waals surface area (Å²) in [6.45, 7) is 5.92. The minimum absolute atomic E-state index is 0.490. The van der Waals surface area contributed by atoms with Gasteiger partial charge in [-0.1, -0.05) is 33.1 Å². The van der Waals surface area contributed by atoms with Crippen molar-refractivity contribution < 1.29 is 4.74 Å². The normalized spacial score (nSPS) is 22.0. The zero-order valence-corrected chi connectivity index (χ0v) is 13.3. The van der Waals surface area contributed by atoms with E-state index in [0.717, 1.165) is 24.8 Å². The minimum Gasteiger partial charge on any atom is -0.476 e. The fourth-order valence-corrected chi connectivity index (χ4v) is 2.92. The Morgan fingerprint density at radius 1 is 1.19 bits per heavy atom. The van der Waals surface area contributed by atoms with Gasteiger partial charge in [0, 0.05) is 6.54 Å². The predicted octanol–water partition coefficient (Wildman–Crippen LogP) is 3.48. The molecule has 0 atom stereocenters. The van der Waals surface area contributed by atoms with Gasteiger partial charge in [-0.25, -0.2) is 4.98 Å². The van der Waals surface area contributed by atoms with Gasteiger partial charge < -0.3 is 15.8 Å². The Morgan fingerprint density at radius 2 is 1.90 bits per heavy atom. The van der Waals surface area contributed by atoms with Crippen LogP contribution in [0.5, 0.6) is 5.88 Å². The number of anilines is 2. The van der Waals surface area contributed by atoms with Gasteiger partial charge in [-0.15, -0.1) is 0 Å². The molecule has 0 aromatic carbocycles. The van der Waals surface area contributed by atoms with E-state index in [1.165, 1.54) is 38.4 Å². The molecule has 5 heteroatoms. The highest BCUT2D eigenvalue weighted by atomic mass is 16.5. The van der Waals surface area contributed by atoms with Gasteiger partial charge in [0.15, 0.2) is 5.82 Å². The van der Waals surface area contributed by atoms with Crippen LogP contribution in [0.15, 0.2) is 6.33 Å². The van der Waals surface area contributed by atoms with Crippen LogP contribution in [-0.4, -0.2) is 23.1 Å². The van der Waals surface area contributed by atoms with Gasteiger partial charge in [0.25, 0.3) is 0 Å². The van der Waals surface area contributed by atoms with E-state index in [2.05, 4.69) is 29.1 Å². The molecule has 2 rings (SSSR count). The van der Waals surface area contributed by atoms with Crippen LogP contribution < -0.4 is 15.8 Å². The highest BCUT2D eigenvalue weighted by Gasteiger charge is 2.20. The third-order valence-corrected chi connectivity index (χ3v) is 4.39. The number of ether oxygens (including phenoxy) is 1. The maximum Gasteiger partial charge on any atom is 0.242 e. The number of rotatable bonds is 7. The number of hydrogen-bond donors (Lipinski definition) is 2. The van der Waals surface area contributed by atoms with Crippen LogP contribution in [0.3, 0.4) is 0 Å². The van der Waals surface area contributed by atoms with Gasteiger partial charge in [0.1, 0.15) is 12.0 Å². The summed E-state index contributed by atoms with van der Waals surface area (Å²) in [4.78, 5) is 8.33. The fourth-order valence-electron chi connectivity index (χ4n) is 2.92. The molecular formula is C16H28N4O. The molecule has 0 saturated heterocycles. The molecule has 118 valence electrons. The second-order valence-electron chi connectivity index (χ2n) is 5.97. The Balaban J connectivity index is 1.85. The maximum absolute atomic E-state index is 6.07. The summed E-state index contributed by atoms with van der Waals surface area (Å²) in [6.07, 6.45) is 9.08. The lowest BCUT2D eigenvalue weighted by Crippen LogP contribution is -2.22. The van der Waals surface area contributed by atoms with Crippen molar-refractivity contribution in [3.8, 4) is 5.88 Å². The average Bonchev–Trinajstić information content (AvgIpc) is 2.53. The predicted molar refractivity (Wildman–Crippen MR) is 86.5 cm³/mol. The Bertz CT molecular complexity index is 430. The Morgan fingerprint density at radius 3 is 2.57 bits per heavy atom. The molecule has 0 bridgehead atoms. The molecule has 1 aliphatic rings. The smallest absolute Gasteiger partial charge is 0.242 e. The zero-order chi connectivity index (χ0) is 15.1. The maximum atomic E-state index is 6.07. The van der Waals surface area contributed by atoms with Gasteiger partial charge in [-0.2, -0.15) is 4.98 Å². The molecule has 3 N–H and O–H groups in total. The molecule has 21 heavy (non-hydrogen) atoms. The van der Waals surface area contributed by atoms with Crippen molar-refractivity contribution in [3.05, 3.63) is 6.33 Å². The van der Waals surface area contributed by atoms with E-state index in [-0.39, 0.29) is 0 Å². The van der Waals surface area contributed by atoms with Crippen molar-refractivity contribution in [2.75, 3.05) is 24.2 Å². The second-order valence-corrected chi connectivity index (χ2v) is 5.97. The summed E-state index contributed by atoms with van der Waals surface area (Å²) < 4.78 is 5.53. The molecular weight excluding hydrogens is 264 g/mol. The van der Waals surface area contributed by atoms with Crippen LogP contribution in [0.2, 0.25) is 0 Å². The summed E-state index contributed by atoms with van der Waals surface area (Å²) in [5, 5.41) is 3.38. The molecule has 1 fully saturated rings. The molecule has 0 amide bonds. The van der Waals surface area contributed by atoms with Crippen molar-refractivity contribution in [3.63, 3.8) is 0 Å². The molecule has 0 aliphatic heterocycles. The molecule has 0 unspecified atom stereocenters. The summed E-state index contributed by atoms with van der Waals surface area (Å²) in [5.74, 6) is 2.85. The highest BCUT2D eigenvalue weighted by Crippen LogP contribution is 2.31. The van der Waals surface area contributed by atoms with Gasteiger partial charge in [-0.05, 0) is 31.1 Å². The number of nitrogen functional groups attached to an aromatic ring is 1. The first-order chi connectivity index (χ1) is 10.2. The lowest BCUT2D eigenvalue weighted by atomic mass is 9.81. The van der Waals surface area contributed by atoms with Crippen LogP contribution in [0.25, 0.3) is 0 Å². The summed E-state index contributed by atoms with van der Waals surface area (Å²) in [5.41, 5.74) is 6.59. The van der Waals surface area contributed by atoms with Crippen LogP contribution in [0.4, 0.5) is 11.5 Å². The number of hydrogen-bond acceptors (Lipinski definition) is 5. The lowest BCUT2D eigenvalue weighted by molar-refractivity contribution is 0.278. The quantitative estimate of drug-likeness (QED) is 0.805. The molecule has 1 saturated carbocycles. The van der Waals surface area contributed by atoms with E-state index in [1.54, 1.807) is 0 Å². The summed E-state index contributed by atoms with van der Waals surface area (Å²) in [7, 11) is 0. The van der Waals surface area contributed by atoms with Gasteiger partial charge >= 0.3 is 0 Å². The highest BCUT2D eigenvalue weighted by molar-refractivity contribution is 5.66. The van der Waals surface area contributed by atoms with Crippen molar-refractivity contribution >= 4 is 11.5 Å². The van der Waals surface area contributed by atoms with E-state index in [0.29, 0.717) is 24.0 Å². The minimum atomic E-state index is 0.490. The molecule has 1 aromatic rings. The molecule has 5 nitrogen and oxygen atoms in total. The van der Waals surface area contributed by atoms with Crippen LogP contribution in [0.1, 0.15) is 52.4 Å². The topological polar surface area (TPSA) is 73.1 Å². The molecule has 0 radical (unpaired) electrons. The van der Waals surface area contributed by atoms with Gasteiger partial charge in [0.2, 0.25) is 5.88 Å². The van der Waals surface area contributed by atoms with E-state index >= 15 is 0 Å².